The van der Waals surface area contributed by atoms with E-state index < -0.39 is 12.1 Å². The Labute approximate surface area is 250 Å². The van der Waals surface area contributed by atoms with Gasteiger partial charge in [-0.05, 0) is 85.8 Å². The number of hydrogen-bond donors (Lipinski definition) is 2. The number of amides is 2. The third-order valence-corrected chi connectivity index (χ3v) is 8.99. The molecule has 2 amide bonds. The fourth-order valence-electron chi connectivity index (χ4n) is 6.22. The Morgan fingerprint density at radius 2 is 1.78 bits per heavy atom. The molecule has 8 nitrogen and oxygen atoms in total. The number of aryl methyl sites for hydroxylation is 2. The maximum Gasteiger partial charge on any atom is 0.249 e. The third kappa shape index (κ3) is 6.26. The first kappa shape index (κ1) is 29.5. The van der Waals surface area contributed by atoms with Crippen molar-refractivity contribution in [2.45, 2.75) is 90.3 Å². The summed E-state index contributed by atoms with van der Waals surface area (Å²) in [5.74, 6) is -0.309. The van der Waals surface area contributed by atoms with Gasteiger partial charge in [-0.2, -0.15) is 0 Å². The second kappa shape index (κ2) is 11.7. The number of rotatable bonds is 6. The Kier molecular flexibility index (Phi) is 8.39. The molecule has 0 radical (unpaired) electrons. The number of carbonyl (C=O) groups excluding carboxylic acids is 2. The van der Waals surface area contributed by atoms with Crippen LogP contribution in [0.5, 0.6) is 0 Å². The summed E-state index contributed by atoms with van der Waals surface area (Å²) in [4.78, 5) is 28.6. The molecule has 41 heavy (non-hydrogen) atoms. The number of piperidine rings is 1. The lowest BCUT2D eigenvalue weighted by molar-refractivity contribution is -0.130. The van der Waals surface area contributed by atoms with Crippen molar-refractivity contribution in [3.05, 3.63) is 75.0 Å². The molecule has 218 valence electrons. The summed E-state index contributed by atoms with van der Waals surface area (Å²) in [6.45, 7) is 11.2. The molecule has 9 heteroatoms. The van der Waals surface area contributed by atoms with Gasteiger partial charge in [0.05, 0.1) is 12.2 Å². The Hall–Kier alpha value is -3.04. The van der Waals surface area contributed by atoms with Gasteiger partial charge in [-0.3, -0.25) is 9.59 Å². The predicted octanol–water partition coefficient (Wildman–Crippen LogP) is 5.69. The molecule has 5 rings (SSSR count). The Morgan fingerprint density at radius 1 is 1.10 bits per heavy atom. The summed E-state index contributed by atoms with van der Waals surface area (Å²) >= 11 is 3.53. The van der Waals surface area contributed by atoms with E-state index in [0.29, 0.717) is 25.1 Å². The van der Waals surface area contributed by atoms with Gasteiger partial charge in [-0.25, -0.2) is 4.68 Å². The number of anilines is 1. The van der Waals surface area contributed by atoms with Crippen molar-refractivity contribution in [2.24, 2.45) is 5.92 Å². The van der Waals surface area contributed by atoms with E-state index >= 15 is 0 Å². The number of carbonyl (C=O) groups is 2. The molecule has 2 N–H and O–H groups in total. The average Bonchev–Trinajstić information content (AvgIpc) is 3.60. The number of aromatic nitrogens is 3. The second-order valence-electron chi connectivity index (χ2n) is 12.6. The first-order valence-corrected chi connectivity index (χ1v) is 15.3. The van der Waals surface area contributed by atoms with Gasteiger partial charge in [0.25, 0.3) is 0 Å². The van der Waals surface area contributed by atoms with Crippen molar-refractivity contribution in [1.29, 1.82) is 0 Å². The Bertz CT molecular complexity index is 1400. The molecule has 0 bridgehead atoms. The van der Waals surface area contributed by atoms with E-state index in [-0.39, 0.29) is 29.2 Å². The third-order valence-electron chi connectivity index (χ3n) is 8.53. The molecule has 2 aromatic carbocycles. The van der Waals surface area contributed by atoms with Crippen LogP contribution in [0.3, 0.4) is 0 Å². The average molecular weight is 623 g/mol. The molecule has 0 spiro atoms. The summed E-state index contributed by atoms with van der Waals surface area (Å²) in [5, 5.41) is 22.5. The molecule has 1 aromatic heterocycles. The highest BCUT2D eigenvalue weighted by molar-refractivity contribution is 9.10. The van der Waals surface area contributed by atoms with Crippen molar-refractivity contribution < 1.29 is 14.7 Å². The monoisotopic (exact) mass is 621 g/mol. The molecule has 1 aliphatic carbocycles. The zero-order chi connectivity index (χ0) is 29.5. The molecular formula is C32H40BrN5O3. The fourth-order valence-corrected chi connectivity index (χ4v) is 6.90. The van der Waals surface area contributed by atoms with Gasteiger partial charge in [0.1, 0.15) is 17.8 Å². The quantitative estimate of drug-likeness (QED) is 0.368. The smallest absolute Gasteiger partial charge is 0.249 e. The predicted molar refractivity (Wildman–Crippen MR) is 163 cm³/mol. The van der Waals surface area contributed by atoms with Crippen LogP contribution in [-0.4, -0.2) is 44.5 Å². The number of benzene rings is 2. The van der Waals surface area contributed by atoms with E-state index in [1.807, 2.05) is 55.1 Å². The zero-order valence-electron chi connectivity index (χ0n) is 24.5. The molecular weight excluding hydrogens is 582 g/mol. The highest BCUT2D eigenvalue weighted by atomic mass is 79.9. The van der Waals surface area contributed by atoms with Crippen LogP contribution in [0.2, 0.25) is 0 Å². The van der Waals surface area contributed by atoms with E-state index in [2.05, 4.69) is 52.3 Å². The van der Waals surface area contributed by atoms with Gasteiger partial charge in [0, 0.05) is 22.6 Å². The number of nitrogens with zero attached hydrogens (tertiary/aromatic N) is 4. The minimum Gasteiger partial charge on any atom is -0.382 e. The summed E-state index contributed by atoms with van der Waals surface area (Å²) in [7, 11) is 0. The molecule has 1 aliphatic heterocycles. The molecule has 3 aromatic rings. The number of nitrogens with one attached hydrogen (secondary N) is 1. The van der Waals surface area contributed by atoms with Crippen molar-refractivity contribution in [3.63, 3.8) is 0 Å². The van der Waals surface area contributed by atoms with E-state index in [1.54, 1.807) is 10.9 Å². The SMILES string of the molecule is Cc1cc(Br)cc(C)c1N1CCCC(NC(=O)C2CCC(n3cc(C(O)c4ccc(C(C)(C)C)cc4)nn3)C2)C1=O. The molecule has 1 saturated carbocycles. The maximum atomic E-state index is 13.5. The first-order chi connectivity index (χ1) is 19.4. The van der Waals surface area contributed by atoms with Crippen LogP contribution < -0.4 is 10.2 Å². The minimum absolute atomic E-state index is 0.0223. The van der Waals surface area contributed by atoms with Crippen LogP contribution in [0.1, 0.15) is 93.0 Å². The maximum absolute atomic E-state index is 13.5. The van der Waals surface area contributed by atoms with Gasteiger partial charge in [0.2, 0.25) is 11.8 Å². The largest absolute Gasteiger partial charge is 0.382 e. The lowest BCUT2D eigenvalue weighted by atomic mass is 9.86. The number of hydrogen-bond acceptors (Lipinski definition) is 5. The van der Waals surface area contributed by atoms with Crippen LogP contribution in [-0.2, 0) is 15.0 Å². The van der Waals surface area contributed by atoms with Crippen molar-refractivity contribution in [2.75, 3.05) is 11.4 Å². The topological polar surface area (TPSA) is 100 Å². The fraction of sp³-hybridized carbons (Fsp3) is 0.500. The van der Waals surface area contributed by atoms with Crippen molar-refractivity contribution >= 4 is 33.4 Å². The number of aliphatic hydroxyl groups is 1. The lowest BCUT2D eigenvalue weighted by Gasteiger charge is -2.35. The van der Waals surface area contributed by atoms with Crippen molar-refractivity contribution in [3.8, 4) is 0 Å². The molecule has 2 heterocycles. The molecule has 2 aliphatic rings. The van der Waals surface area contributed by atoms with Crippen LogP contribution in [0.25, 0.3) is 0 Å². The normalized spacial score (nSPS) is 22.2. The van der Waals surface area contributed by atoms with Gasteiger partial charge < -0.3 is 15.3 Å². The molecule has 4 atom stereocenters. The van der Waals surface area contributed by atoms with Gasteiger partial charge in [-0.1, -0.05) is 66.2 Å². The van der Waals surface area contributed by atoms with Gasteiger partial charge >= 0.3 is 0 Å². The lowest BCUT2D eigenvalue weighted by Crippen LogP contribution is -2.53. The molecule has 2 fully saturated rings. The number of halogens is 1. The highest BCUT2D eigenvalue weighted by Gasteiger charge is 2.37. The highest BCUT2D eigenvalue weighted by Crippen LogP contribution is 2.36. The Morgan fingerprint density at radius 3 is 2.44 bits per heavy atom. The van der Waals surface area contributed by atoms with Gasteiger partial charge in [-0.15, -0.1) is 5.10 Å². The standard InChI is InChI=1S/C32H40BrN5O3/c1-19-15-24(33)16-20(2)28(19)37-14-6-7-26(31(37)41)34-30(40)22-10-13-25(17-22)38-18-27(35-36-38)29(39)21-8-11-23(12-9-21)32(3,4)5/h8-9,11-12,15-16,18,22,25-26,29,39H,6-7,10,13-14,17H2,1-5H3,(H,34,40). The molecule has 4 unspecified atom stereocenters. The second-order valence-corrected chi connectivity index (χ2v) is 13.6. The van der Waals surface area contributed by atoms with E-state index in [4.69, 9.17) is 0 Å². The van der Waals surface area contributed by atoms with E-state index in [9.17, 15) is 14.7 Å². The molecule has 1 saturated heterocycles. The summed E-state index contributed by atoms with van der Waals surface area (Å²) < 4.78 is 2.77. The number of aliphatic hydroxyl groups excluding tert-OH is 1. The van der Waals surface area contributed by atoms with E-state index in [0.717, 1.165) is 46.1 Å². The van der Waals surface area contributed by atoms with Crippen LogP contribution >= 0.6 is 15.9 Å². The van der Waals surface area contributed by atoms with E-state index in [1.165, 1.54) is 5.56 Å². The van der Waals surface area contributed by atoms with Gasteiger partial charge in [0.15, 0.2) is 0 Å². The van der Waals surface area contributed by atoms with Crippen LogP contribution in [0, 0.1) is 19.8 Å². The Balaban J connectivity index is 1.20. The van der Waals surface area contributed by atoms with Crippen LogP contribution in [0.4, 0.5) is 5.69 Å². The zero-order valence-corrected chi connectivity index (χ0v) is 26.1. The minimum atomic E-state index is -0.864. The summed E-state index contributed by atoms with van der Waals surface area (Å²) in [6, 6.07) is 11.5. The van der Waals surface area contributed by atoms with Crippen LogP contribution in [0.15, 0.2) is 47.1 Å². The summed E-state index contributed by atoms with van der Waals surface area (Å²) in [6.07, 6.45) is 4.54. The van der Waals surface area contributed by atoms with Crippen molar-refractivity contribution in [1.82, 2.24) is 20.3 Å². The first-order valence-electron chi connectivity index (χ1n) is 14.5. The summed E-state index contributed by atoms with van der Waals surface area (Å²) in [5.41, 5.74) is 5.52.